The number of hydrogen-bond acceptors (Lipinski definition) is 4. The van der Waals surface area contributed by atoms with Crippen LogP contribution in [0.5, 0.6) is 0 Å². The molecule has 1 unspecified atom stereocenters. The fourth-order valence-corrected chi connectivity index (χ4v) is 2.97. The van der Waals surface area contributed by atoms with Gasteiger partial charge < -0.3 is 10.2 Å². The highest BCUT2D eigenvalue weighted by Gasteiger charge is 2.27. The number of aliphatic hydroxyl groups is 1. The third-order valence-corrected chi connectivity index (χ3v) is 4.25. The van der Waals surface area contributed by atoms with E-state index >= 15 is 0 Å². The molecule has 0 radical (unpaired) electrons. The van der Waals surface area contributed by atoms with E-state index in [0.717, 1.165) is 16.4 Å². The van der Waals surface area contributed by atoms with Gasteiger partial charge in [0.15, 0.2) is 0 Å². The van der Waals surface area contributed by atoms with Crippen molar-refractivity contribution in [3.8, 4) is 0 Å². The Hall–Kier alpha value is -1.51. The summed E-state index contributed by atoms with van der Waals surface area (Å²) >= 11 is 0. The van der Waals surface area contributed by atoms with Crippen molar-refractivity contribution in [1.82, 2.24) is 4.31 Å². The number of aromatic carboxylic acids is 1. The highest BCUT2D eigenvalue weighted by molar-refractivity contribution is 7.89. The van der Waals surface area contributed by atoms with E-state index in [4.69, 9.17) is 10.2 Å². The minimum atomic E-state index is -4.18. The van der Waals surface area contributed by atoms with Crippen molar-refractivity contribution in [2.45, 2.75) is 17.9 Å². The molecule has 0 fully saturated rings. The number of carboxylic acid groups (broad SMARTS) is 1. The number of likely N-dealkylation sites (N-methyl/N-ethyl adjacent to an activating group) is 1. The van der Waals surface area contributed by atoms with E-state index in [9.17, 15) is 17.6 Å². The van der Waals surface area contributed by atoms with Gasteiger partial charge in [0.2, 0.25) is 10.0 Å². The van der Waals surface area contributed by atoms with E-state index in [1.54, 1.807) is 0 Å². The molecule has 0 heterocycles. The summed E-state index contributed by atoms with van der Waals surface area (Å²) in [5.74, 6) is -2.32. The van der Waals surface area contributed by atoms with Gasteiger partial charge in [0.1, 0.15) is 5.82 Å². The van der Waals surface area contributed by atoms with Crippen LogP contribution in [0.4, 0.5) is 4.39 Å². The SMILES string of the molecule is CC(O)CN(C)S(=O)(=O)c1cc(F)ccc1C(=O)O. The Morgan fingerprint density at radius 3 is 2.53 bits per heavy atom. The number of nitrogens with zero attached hydrogens (tertiary/aromatic N) is 1. The van der Waals surface area contributed by atoms with Crippen LogP contribution < -0.4 is 0 Å². The van der Waals surface area contributed by atoms with Gasteiger partial charge in [0.05, 0.1) is 16.6 Å². The molecule has 0 spiro atoms. The van der Waals surface area contributed by atoms with Gasteiger partial charge in [-0.1, -0.05) is 0 Å². The number of aliphatic hydroxyl groups excluding tert-OH is 1. The summed E-state index contributed by atoms with van der Waals surface area (Å²) in [6.45, 7) is 1.16. The number of carboxylic acids is 1. The maximum atomic E-state index is 13.1. The van der Waals surface area contributed by atoms with Gasteiger partial charge in [0, 0.05) is 13.6 Å². The van der Waals surface area contributed by atoms with Crippen molar-refractivity contribution in [3.05, 3.63) is 29.6 Å². The second kappa shape index (κ2) is 5.64. The minimum Gasteiger partial charge on any atom is -0.478 e. The summed E-state index contributed by atoms with van der Waals surface area (Å²) in [7, 11) is -3.00. The molecule has 0 aliphatic rings. The third kappa shape index (κ3) is 3.49. The lowest BCUT2D eigenvalue weighted by molar-refractivity contribution is 0.0692. The number of hydrogen-bond donors (Lipinski definition) is 2. The number of halogens is 1. The van der Waals surface area contributed by atoms with Crippen LogP contribution in [0.2, 0.25) is 0 Å². The molecule has 0 bridgehead atoms. The second-order valence-electron chi connectivity index (χ2n) is 4.08. The largest absolute Gasteiger partial charge is 0.478 e. The summed E-state index contributed by atoms with van der Waals surface area (Å²) in [5.41, 5.74) is -0.515. The molecule has 0 aromatic heterocycles. The van der Waals surface area contributed by atoms with Crippen molar-refractivity contribution in [3.63, 3.8) is 0 Å². The first-order chi connectivity index (χ1) is 8.66. The zero-order valence-electron chi connectivity index (χ0n) is 10.4. The van der Waals surface area contributed by atoms with Crippen molar-refractivity contribution < 1.29 is 27.8 Å². The summed E-state index contributed by atoms with van der Waals surface area (Å²) in [4.78, 5) is 10.3. The number of carbonyl (C=O) groups is 1. The van der Waals surface area contributed by atoms with E-state index in [1.807, 2.05) is 0 Å². The van der Waals surface area contributed by atoms with Gasteiger partial charge in [-0.15, -0.1) is 0 Å². The van der Waals surface area contributed by atoms with E-state index < -0.39 is 38.4 Å². The maximum absolute atomic E-state index is 13.1. The summed E-state index contributed by atoms with van der Waals surface area (Å²) in [6, 6.07) is 2.41. The molecule has 106 valence electrons. The first-order valence-corrected chi connectivity index (χ1v) is 6.77. The second-order valence-corrected chi connectivity index (χ2v) is 6.09. The van der Waals surface area contributed by atoms with Crippen LogP contribution in [0.3, 0.4) is 0 Å². The molecule has 2 N–H and O–H groups in total. The predicted molar refractivity (Wildman–Crippen MR) is 64.9 cm³/mol. The highest BCUT2D eigenvalue weighted by Crippen LogP contribution is 2.21. The van der Waals surface area contributed by atoms with E-state index in [1.165, 1.54) is 14.0 Å². The Kier molecular flexibility index (Phi) is 4.61. The van der Waals surface area contributed by atoms with Crippen molar-refractivity contribution in [2.24, 2.45) is 0 Å². The molecule has 1 atom stereocenters. The van der Waals surface area contributed by atoms with Crippen LogP contribution in [0.1, 0.15) is 17.3 Å². The lowest BCUT2D eigenvalue weighted by Gasteiger charge is -2.19. The molecule has 0 amide bonds. The van der Waals surface area contributed by atoms with Crippen molar-refractivity contribution in [2.75, 3.05) is 13.6 Å². The van der Waals surface area contributed by atoms with E-state index in [0.29, 0.717) is 6.07 Å². The summed E-state index contributed by atoms with van der Waals surface area (Å²) in [6.07, 6.45) is -0.929. The molecule has 19 heavy (non-hydrogen) atoms. The molecule has 1 aromatic carbocycles. The van der Waals surface area contributed by atoms with Crippen LogP contribution in [0.15, 0.2) is 23.1 Å². The molecular weight excluding hydrogens is 277 g/mol. The standard InChI is InChI=1S/C11H14FNO5S/c1-7(14)6-13(2)19(17,18)10-5-8(12)3-4-9(10)11(15)16/h3-5,7,14H,6H2,1-2H3,(H,15,16). The lowest BCUT2D eigenvalue weighted by atomic mass is 10.2. The van der Waals surface area contributed by atoms with Gasteiger partial charge >= 0.3 is 5.97 Å². The van der Waals surface area contributed by atoms with Crippen LogP contribution in [0, 0.1) is 5.82 Å². The zero-order valence-corrected chi connectivity index (χ0v) is 11.2. The van der Waals surface area contributed by atoms with Crippen LogP contribution >= 0.6 is 0 Å². The van der Waals surface area contributed by atoms with Crippen LogP contribution in [-0.2, 0) is 10.0 Å². The third-order valence-electron chi connectivity index (χ3n) is 2.38. The average molecular weight is 291 g/mol. The smallest absolute Gasteiger partial charge is 0.337 e. The van der Waals surface area contributed by atoms with Gasteiger partial charge in [-0.25, -0.2) is 17.6 Å². The molecule has 0 aliphatic heterocycles. The average Bonchev–Trinajstić information content (AvgIpc) is 2.27. The summed E-state index contributed by atoms with van der Waals surface area (Å²) in [5, 5.41) is 18.1. The quantitative estimate of drug-likeness (QED) is 0.825. The Morgan fingerprint density at radius 2 is 2.05 bits per heavy atom. The molecule has 1 rings (SSSR count). The molecule has 0 saturated heterocycles. The number of rotatable bonds is 5. The Balaban J connectivity index is 3.35. The fourth-order valence-electron chi connectivity index (χ4n) is 1.52. The summed E-state index contributed by atoms with van der Waals surface area (Å²) < 4.78 is 38.2. The molecular formula is C11H14FNO5S. The predicted octanol–water partition coefficient (Wildman–Crippen LogP) is 0.525. The Morgan fingerprint density at radius 1 is 1.47 bits per heavy atom. The highest BCUT2D eigenvalue weighted by atomic mass is 32.2. The Labute approximate surface area is 110 Å². The van der Waals surface area contributed by atoms with E-state index in [2.05, 4.69) is 0 Å². The van der Waals surface area contributed by atoms with Crippen molar-refractivity contribution in [1.29, 1.82) is 0 Å². The first-order valence-electron chi connectivity index (χ1n) is 5.33. The minimum absolute atomic E-state index is 0.224. The van der Waals surface area contributed by atoms with Gasteiger partial charge in [0.25, 0.3) is 0 Å². The normalized spacial score (nSPS) is 13.5. The number of sulfonamides is 1. The van der Waals surface area contributed by atoms with Crippen molar-refractivity contribution >= 4 is 16.0 Å². The van der Waals surface area contributed by atoms with Crippen LogP contribution in [-0.4, -0.2) is 48.6 Å². The molecule has 6 nitrogen and oxygen atoms in total. The molecule has 1 aromatic rings. The van der Waals surface area contributed by atoms with Gasteiger partial charge in [-0.2, -0.15) is 4.31 Å². The molecule has 0 aliphatic carbocycles. The maximum Gasteiger partial charge on any atom is 0.337 e. The van der Waals surface area contributed by atoms with E-state index in [-0.39, 0.29) is 6.54 Å². The van der Waals surface area contributed by atoms with Gasteiger partial charge in [-0.3, -0.25) is 0 Å². The molecule has 8 heteroatoms. The molecule has 0 saturated carbocycles. The fraction of sp³-hybridized carbons (Fsp3) is 0.364. The monoisotopic (exact) mass is 291 g/mol. The lowest BCUT2D eigenvalue weighted by Crippen LogP contribution is -2.34. The van der Waals surface area contributed by atoms with Gasteiger partial charge in [-0.05, 0) is 25.1 Å². The topological polar surface area (TPSA) is 94.9 Å². The first kappa shape index (κ1) is 15.5. The number of benzene rings is 1. The van der Waals surface area contributed by atoms with Crippen LogP contribution in [0.25, 0.3) is 0 Å². The zero-order chi connectivity index (χ0) is 14.8. The Bertz CT molecular complexity index is 585.